The van der Waals surface area contributed by atoms with Crippen LogP contribution in [0.3, 0.4) is 0 Å². The minimum absolute atomic E-state index is 0.00712. The van der Waals surface area contributed by atoms with Crippen LogP contribution in [0.2, 0.25) is 0 Å². The standard InChI is InChI=1S/C26H27N3O8/c1-2-37-22(33)12-11-18(27)24(34)26(15-30,25(35)36)29(14-16-7-4-3-5-8-16)21-13-20(32)17-9-6-10-19(31)23(17)28-21/h3-10,13,15,18,31H,2,11-12,14,27H2,1H3,(H,28,32)(H,35,36)/t18?,26-/m1/s1. The van der Waals surface area contributed by atoms with Gasteiger partial charge in [-0.05, 0) is 31.0 Å². The lowest BCUT2D eigenvalue weighted by molar-refractivity contribution is -0.150. The number of carboxylic acid groups (broad SMARTS) is 1. The van der Waals surface area contributed by atoms with Crippen molar-refractivity contribution in [2.24, 2.45) is 5.73 Å². The van der Waals surface area contributed by atoms with E-state index in [2.05, 4.69) is 4.98 Å². The third-order valence-corrected chi connectivity index (χ3v) is 5.90. The molecule has 37 heavy (non-hydrogen) atoms. The lowest BCUT2D eigenvalue weighted by atomic mass is 9.86. The Morgan fingerprint density at radius 2 is 1.86 bits per heavy atom. The van der Waals surface area contributed by atoms with E-state index in [9.17, 15) is 34.2 Å². The van der Waals surface area contributed by atoms with Crippen molar-refractivity contribution in [3.63, 3.8) is 0 Å². The van der Waals surface area contributed by atoms with Crippen molar-refractivity contribution >= 4 is 40.7 Å². The van der Waals surface area contributed by atoms with Crippen LogP contribution in [0, 0.1) is 0 Å². The summed E-state index contributed by atoms with van der Waals surface area (Å²) in [7, 11) is 0. The molecule has 0 aliphatic heterocycles. The molecule has 3 aromatic rings. The number of aldehydes is 1. The molecule has 194 valence electrons. The van der Waals surface area contributed by atoms with Crippen LogP contribution in [-0.4, -0.2) is 57.4 Å². The molecule has 0 bridgehead atoms. The average molecular weight is 510 g/mol. The number of phenolic OH excluding ortho intramolecular Hbond substituents is 1. The average Bonchev–Trinajstić information content (AvgIpc) is 2.88. The number of carbonyl (C=O) groups is 4. The second-order valence-corrected chi connectivity index (χ2v) is 8.29. The number of Topliss-reactive ketones (excluding diaryl/α,β-unsaturated/α-hetero) is 1. The Morgan fingerprint density at radius 3 is 2.49 bits per heavy atom. The van der Waals surface area contributed by atoms with Crippen molar-refractivity contribution in [1.82, 2.24) is 4.98 Å². The highest BCUT2D eigenvalue weighted by Crippen LogP contribution is 2.29. The first-order valence-electron chi connectivity index (χ1n) is 11.5. The highest BCUT2D eigenvalue weighted by molar-refractivity contribution is 6.25. The lowest BCUT2D eigenvalue weighted by Crippen LogP contribution is -2.65. The van der Waals surface area contributed by atoms with Crippen LogP contribution in [0.5, 0.6) is 5.75 Å². The third-order valence-electron chi connectivity index (χ3n) is 5.90. The van der Waals surface area contributed by atoms with Crippen molar-refractivity contribution in [3.05, 3.63) is 70.4 Å². The molecule has 1 unspecified atom stereocenters. The maximum Gasteiger partial charge on any atom is 0.345 e. The molecule has 0 saturated heterocycles. The van der Waals surface area contributed by atoms with Crippen molar-refractivity contribution in [1.29, 1.82) is 0 Å². The highest BCUT2D eigenvalue weighted by atomic mass is 16.5. The second kappa shape index (κ2) is 11.5. The Bertz CT molecular complexity index is 1370. The van der Waals surface area contributed by atoms with Gasteiger partial charge in [0.25, 0.3) is 5.54 Å². The van der Waals surface area contributed by atoms with Crippen LogP contribution in [0.15, 0.2) is 59.4 Å². The summed E-state index contributed by atoms with van der Waals surface area (Å²) in [5, 5.41) is 20.7. The topological polar surface area (TPSA) is 180 Å². The van der Waals surface area contributed by atoms with Crippen LogP contribution in [0.1, 0.15) is 25.3 Å². The molecule has 11 nitrogen and oxygen atoms in total. The van der Waals surface area contributed by atoms with E-state index in [1.54, 1.807) is 37.3 Å². The maximum absolute atomic E-state index is 13.6. The number of carboxylic acids is 1. The predicted octanol–water partition coefficient (Wildman–Crippen LogP) is 1.50. The van der Waals surface area contributed by atoms with Gasteiger partial charge < -0.3 is 30.6 Å². The first-order valence-corrected chi connectivity index (χ1v) is 11.5. The number of nitrogens with one attached hydrogen (secondary N) is 1. The number of aromatic amines is 1. The summed E-state index contributed by atoms with van der Waals surface area (Å²) in [6, 6.07) is 12.1. The molecule has 0 saturated carbocycles. The number of H-pyrrole nitrogens is 1. The Labute approximate surface area is 211 Å². The van der Waals surface area contributed by atoms with Gasteiger partial charge in [0.15, 0.2) is 17.5 Å². The first-order chi connectivity index (χ1) is 17.6. The molecule has 0 spiro atoms. The molecule has 0 radical (unpaired) electrons. The molecule has 1 aromatic heterocycles. The number of para-hydroxylation sites is 1. The summed E-state index contributed by atoms with van der Waals surface area (Å²) in [5.41, 5.74) is 3.05. The number of nitrogens with zero attached hydrogens (tertiary/aromatic N) is 1. The molecule has 0 amide bonds. The van der Waals surface area contributed by atoms with E-state index in [4.69, 9.17) is 10.5 Å². The smallest absolute Gasteiger partial charge is 0.345 e. The van der Waals surface area contributed by atoms with Gasteiger partial charge in [-0.15, -0.1) is 0 Å². The number of benzene rings is 2. The van der Waals surface area contributed by atoms with Crippen molar-refractivity contribution in [3.8, 4) is 5.75 Å². The number of aliphatic carboxylic acids is 1. The van der Waals surface area contributed by atoms with Gasteiger partial charge in [-0.25, -0.2) is 4.79 Å². The van der Waals surface area contributed by atoms with Crippen LogP contribution in [-0.2, 0) is 30.5 Å². The predicted molar refractivity (Wildman–Crippen MR) is 134 cm³/mol. The number of aromatic nitrogens is 1. The maximum atomic E-state index is 13.6. The van der Waals surface area contributed by atoms with E-state index < -0.39 is 34.7 Å². The summed E-state index contributed by atoms with van der Waals surface area (Å²) in [5.74, 6) is -4.14. The number of pyridine rings is 1. The van der Waals surface area contributed by atoms with E-state index >= 15 is 0 Å². The summed E-state index contributed by atoms with van der Waals surface area (Å²) >= 11 is 0. The molecular weight excluding hydrogens is 482 g/mol. The second-order valence-electron chi connectivity index (χ2n) is 8.29. The fourth-order valence-electron chi connectivity index (χ4n) is 4.00. The zero-order valence-corrected chi connectivity index (χ0v) is 20.0. The number of esters is 1. The summed E-state index contributed by atoms with van der Waals surface area (Å²) < 4.78 is 4.83. The van der Waals surface area contributed by atoms with Gasteiger partial charge in [0.2, 0.25) is 0 Å². The van der Waals surface area contributed by atoms with E-state index in [1.165, 1.54) is 18.2 Å². The minimum atomic E-state index is -2.87. The summed E-state index contributed by atoms with van der Waals surface area (Å²) in [6.07, 6.45) is -0.582. The van der Waals surface area contributed by atoms with Crippen LogP contribution in [0.4, 0.5) is 5.82 Å². The Balaban J connectivity index is 2.18. The Hall–Kier alpha value is -4.51. The van der Waals surface area contributed by atoms with Gasteiger partial charge >= 0.3 is 11.9 Å². The third kappa shape index (κ3) is 5.51. The molecule has 2 aromatic carbocycles. The number of hydrogen-bond donors (Lipinski definition) is 4. The van der Waals surface area contributed by atoms with E-state index in [1.807, 2.05) is 0 Å². The number of ketones is 1. The van der Waals surface area contributed by atoms with E-state index in [0.717, 1.165) is 11.0 Å². The number of rotatable bonds is 12. The fraction of sp³-hybridized carbons (Fsp3) is 0.269. The van der Waals surface area contributed by atoms with E-state index in [-0.39, 0.29) is 54.7 Å². The zero-order valence-electron chi connectivity index (χ0n) is 20.0. The molecule has 11 heteroatoms. The molecule has 0 aliphatic rings. The number of carbonyl (C=O) groups excluding carboxylic acids is 3. The van der Waals surface area contributed by atoms with E-state index in [0.29, 0.717) is 5.56 Å². The van der Waals surface area contributed by atoms with Gasteiger partial charge in [-0.1, -0.05) is 36.4 Å². The quantitative estimate of drug-likeness (QED) is 0.159. The molecule has 1 heterocycles. The fourth-order valence-corrected chi connectivity index (χ4v) is 4.00. The lowest BCUT2D eigenvalue weighted by Gasteiger charge is -2.38. The van der Waals surface area contributed by atoms with Crippen LogP contribution < -0.4 is 16.1 Å². The Kier molecular flexibility index (Phi) is 8.41. The summed E-state index contributed by atoms with van der Waals surface area (Å²) in [6.45, 7) is 1.42. The molecule has 0 fully saturated rings. The van der Waals surface area contributed by atoms with Gasteiger partial charge in [0.05, 0.1) is 18.2 Å². The summed E-state index contributed by atoms with van der Waals surface area (Å²) in [4.78, 5) is 67.1. The van der Waals surface area contributed by atoms with Crippen molar-refractivity contribution in [2.75, 3.05) is 11.5 Å². The normalized spacial score (nSPS) is 13.4. The number of hydrogen-bond acceptors (Lipinski definition) is 9. The molecular formula is C26H27N3O8. The number of ether oxygens (including phenoxy) is 1. The van der Waals surface area contributed by atoms with Gasteiger partial charge in [-0.3, -0.25) is 19.2 Å². The number of phenols is 1. The number of nitrogens with two attached hydrogens (primary N) is 1. The minimum Gasteiger partial charge on any atom is -0.506 e. The van der Waals surface area contributed by atoms with Crippen LogP contribution >= 0.6 is 0 Å². The van der Waals surface area contributed by atoms with Gasteiger partial charge in [-0.2, -0.15) is 0 Å². The monoisotopic (exact) mass is 509 g/mol. The van der Waals surface area contributed by atoms with Gasteiger partial charge in [0, 0.05) is 24.4 Å². The molecule has 2 atom stereocenters. The molecule has 0 aliphatic carbocycles. The largest absolute Gasteiger partial charge is 0.506 e. The zero-order chi connectivity index (χ0) is 27.2. The van der Waals surface area contributed by atoms with Crippen LogP contribution in [0.25, 0.3) is 10.9 Å². The molecule has 3 rings (SSSR count). The highest BCUT2D eigenvalue weighted by Gasteiger charge is 2.54. The number of aromatic hydroxyl groups is 1. The van der Waals surface area contributed by atoms with Crippen molar-refractivity contribution in [2.45, 2.75) is 37.9 Å². The van der Waals surface area contributed by atoms with Crippen molar-refractivity contribution < 1.29 is 34.1 Å². The number of fused-ring (bicyclic) bond motifs is 1. The Morgan fingerprint density at radius 1 is 1.16 bits per heavy atom. The molecule has 5 N–H and O–H groups in total. The van der Waals surface area contributed by atoms with Gasteiger partial charge in [0.1, 0.15) is 11.6 Å². The first kappa shape index (κ1) is 27.1. The SMILES string of the molecule is CCOC(=O)CCC(N)C(=O)[C@](C=O)(C(=O)O)N(Cc1ccccc1)c1cc(=O)c2cccc(O)c2[nH]1. The number of anilines is 1.